The molecule has 0 spiro atoms. The van der Waals surface area contributed by atoms with Gasteiger partial charge in [-0.25, -0.2) is 29.9 Å². The zero-order valence-electron chi connectivity index (χ0n) is 53.0. The third-order valence-electron chi connectivity index (χ3n) is 17.9. The number of pyridine rings is 1. The summed E-state index contributed by atoms with van der Waals surface area (Å²) in [6, 6.07) is 18.1. The molecule has 3 aliphatic heterocycles. The van der Waals surface area contributed by atoms with Gasteiger partial charge in [-0.15, -0.1) is 11.3 Å². The van der Waals surface area contributed by atoms with E-state index in [1.165, 1.54) is 5.56 Å². The Balaban J connectivity index is 0.000000126. The number of nitrogens with zero attached hydrogens (tertiary/aromatic N) is 13. The van der Waals surface area contributed by atoms with Crippen LogP contribution in [0.3, 0.4) is 0 Å². The normalized spacial score (nSPS) is 21.9. The summed E-state index contributed by atoms with van der Waals surface area (Å²) < 4.78 is 36.0. The molecule has 482 valence electrons. The van der Waals surface area contributed by atoms with Gasteiger partial charge in [-0.1, -0.05) is 0 Å². The monoisotopic (exact) mass is 1260 g/mol. The van der Waals surface area contributed by atoms with Crippen LogP contribution in [0.2, 0.25) is 0 Å². The van der Waals surface area contributed by atoms with Crippen molar-refractivity contribution >= 4 is 78.3 Å². The van der Waals surface area contributed by atoms with Crippen LogP contribution < -0.4 is 44.9 Å². The predicted octanol–water partition coefficient (Wildman–Crippen LogP) is 11.4. The number of thiazole rings is 1. The molecular formula is C69H84N16O6S. The van der Waals surface area contributed by atoms with E-state index >= 15 is 0 Å². The number of nitrogens with one attached hydrogen (secondary N) is 3. The number of hydrogen-bond acceptors (Lipinski definition) is 23. The minimum absolute atomic E-state index is 0.173. The average molecular weight is 1270 g/mol. The Hall–Kier alpha value is -8.38. The number of hydrogen-bond donors (Lipinski definition) is 3. The summed E-state index contributed by atoms with van der Waals surface area (Å²) in [4.78, 5) is 52.0. The first kappa shape index (κ1) is 62.4. The van der Waals surface area contributed by atoms with Crippen molar-refractivity contribution < 1.29 is 28.4 Å². The highest BCUT2D eigenvalue weighted by atomic mass is 32.1. The SMILES string of the molecule is Cc1ccnc(NC2CCC(Oc3cc(N4CCOCC4)cc4nccnc34)CC2)c1.Cc1cnc(NC2CCC(Oc3cc(N4CCOCC4)cc4nccnc34)CC2)cn1.Cc1csc(NC2CCC(Oc3cc(N4CCOCC4)cc4nccnc34)CC2)n1. The van der Waals surface area contributed by atoms with Crippen molar-refractivity contribution in [2.24, 2.45) is 0 Å². The Bertz CT molecular complexity index is 3830. The van der Waals surface area contributed by atoms with E-state index in [9.17, 15) is 0 Å². The number of anilines is 6. The van der Waals surface area contributed by atoms with Gasteiger partial charge in [-0.3, -0.25) is 19.9 Å². The lowest BCUT2D eigenvalue weighted by atomic mass is 9.93. The number of benzene rings is 3. The van der Waals surface area contributed by atoms with E-state index in [1.807, 2.05) is 26.1 Å². The molecule has 92 heavy (non-hydrogen) atoms. The van der Waals surface area contributed by atoms with Crippen LogP contribution in [0, 0.1) is 20.8 Å². The van der Waals surface area contributed by atoms with Gasteiger partial charge in [0, 0.05) is 141 Å². The molecule has 3 aromatic carbocycles. The number of morpholine rings is 3. The van der Waals surface area contributed by atoms with Gasteiger partial charge in [0.25, 0.3) is 0 Å². The van der Waals surface area contributed by atoms with Gasteiger partial charge >= 0.3 is 0 Å². The molecule has 9 heterocycles. The lowest BCUT2D eigenvalue weighted by molar-refractivity contribution is 0.122. The Morgan fingerprint density at radius 3 is 1.18 bits per heavy atom. The van der Waals surface area contributed by atoms with E-state index in [0.29, 0.717) is 18.1 Å². The zero-order chi connectivity index (χ0) is 62.4. The molecule has 3 aliphatic carbocycles. The van der Waals surface area contributed by atoms with Crippen LogP contribution in [0.1, 0.15) is 94.0 Å². The topological polar surface area (TPSA) is 230 Å². The van der Waals surface area contributed by atoms with Crippen molar-refractivity contribution in [3.05, 3.63) is 127 Å². The summed E-state index contributed by atoms with van der Waals surface area (Å²) in [7, 11) is 0. The van der Waals surface area contributed by atoms with Crippen molar-refractivity contribution in [3.63, 3.8) is 0 Å². The molecule has 0 unspecified atom stereocenters. The lowest BCUT2D eigenvalue weighted by Crippen LogP contribution is -2.36. The molecule has 6 aromatic heterocycles. The van der Waals surface area contributed by atoms with Crippen LogP contribution in [0.15, 0.2) is 110 Å². The van der Waals surface area contributed by atoms with Crippen LogP contribution in [-0.2, 0) is 14.2 Å². The highest BCUT2D eigenvalue weighted by Crippen LogP contribution is 2.37. The minimum Gasteiger partial charge on any atom is -0.488 e. The van der Waals surface area contributed by atoms with Gasteiger partial charge in [-0.2, -0.15) is 0 Å². The van der Waals surface area contributed by atoms with E-state index in [0.717, 1.165) is 252 Å². The standard InChI is InChI=1S/C24H29N5O2.C23H28N6O2.C22H27N5O2S/c1-17-6-7-26-23(14-17)28-18-2-4-20(5-3-18)31-22-16-19(29-10-12-30-13-11-29)15-21-24(22)27-9-8-25-21;1-16-14-27-22(15-26-16)28-17-2-4-19(5-3-17)31-21-13-18(29-8-10-30-11-9-29)12-20-23(21)25-7-6-24-20;1-15-14-30-22(25-15)26-16-2-4-18(5-3-16)29-20-13-17(27-8-10-28-11-9-27)12-19-21(20)24-7-6-23-19/h6-9,14-16,18,20H,2-5,10-13H2,1H3,(H,26,28);6-7,12-15,17,19H,2-5,8-11H2,1H3,(H,27,28);6-7,12-14,16,18H,2-5,8-11H2,1H3,(H,25,26). The fourth-order valence-electron chi connectivity index (χ4n) is 13.0. The van der Waals surface area contributed by atoms with Crippen LogP contribution >= 0.6 is 11.3 Å². The first-order chi connectivity index (χ1) is 45.2. The summed E-state index contributed by atoms with van der Waals surface area (Å²) >= 11 is 1.68. The van der Waals surface area contributed by atoms with Gasteiger partial charge in [0.1, 0.15) is 45.4 Å². The molecule has 9 aromatic rings. The maximum atomic E-state index is 6.51. The first-order valence-electron chi connectivity index (χ1n) is 32.9. The molecule has 22 nitrogen and oxygen atoms in total. The third kappa shape index (κ3) is 16.4. The molecule has 0 radical (unpaired) electrons. The molecule has 23 heteroatoms. The Morgan fingerprint density at radius 1 is 0.402 bits per heavy atom. The molecule has 3 saturated heterocycles. The maximum absolute atomic E-state index is 6.51. The number of fused-ring (bicyclic) bond motifs is 3. The van der Waals surface area contributed by atoms with Gasteiger partial charge < -0.3 is 59.1 Å². The average Bonchev–Trinajstić information content (AvgIpc) is 1.04. The molecule has 0 amide bonds. The third-order valence-corrected chi connectivity index (χ3v) is 18.8. The van der Waals surface area contributed by atoms with Gasteiger partial charge in [0.15, 0.2) is 5.13 Å². The predicted molar refractivity (Wildman–Crippen MR) is 361 cm³/mol. The summed E-state index contributed by atoms with van der Waals surface area (Å²) in [5.74, 6) is 4.31. The summed E-state index contributed by atoms with van der Waals surface area (Å²) in [6.45, 7) is 15.9. The fourth-order valence-corrected chi connectivity index (χ4v) is 13.7. The van der Waals surface area contributed by atoms with E-state index in [4.69, 9.17) is 28.4 Å². The van der Waals surface area contributed by atoms with E-state index in [-0.39, 0.29) is 18.3 Å². The van der Waals surface area contributed by atoms with Crippen molar-refractivity contribution in [2.75, 3.05) is 110 Å². The van der Waals surface area contributed by atoms with Crippen LogP contribution in [0.25, 0.3) is 33.1 Å². The minimum atomic E-state index is 0.173. The number of aryl methyl sites for hydroxylation is 3. The second kappa shape index (κ2) is 30.4. The van der Waals surface area contributed by atoms with E-state index in [2.05, 4.69) is 135 Å². The number of ether oxygens (including phenoxy) is 6. The van der Waals surface area contributed by atoms with Crippen molar-refractivity contribution in [2.45, 2.75) is 134 Å². The van der Waals surface area contributed by atoms with Crippen LogP contribution in [-0.4, -0.2) is 165 Å². The first-order valence-corrected chi connectivity index (χ1v) is 33.8. The van der Waals surface area contributed by atoms with Crippen LogP contribution in [0.4, 0.5) is 33.8 Å². The van der Waals surface area contributed by atoms with E-state index < -0.39 is 0 Å². The van der Waals surface area contributed by atoms with Crippen LogP contribution in [0.5, 0.6) is 17.2 Å². The highest BCUT2D eigenvalue weighted by Gasteiger charge is 2.29. The fraction of sp³-hybridized carbons (Fsp3) is 0.478. The Morgan fingerprint density at radius 2 is 0.804 bits per heavy atom. The highest BCUT2D eigenvalue weighted by molar-refractivity contribution is 7.13. The molecule has 15 rings (SSSR count). The quantitative estimate of drug-likeness (QED) is 0.0866. The summed E-state index contributed by atoms with van der Waals surface area (Å²) in [5, 5.41) is 13.8. The smallest absolute Gasteiger partial charge is 0.183 e. The molecule has 3 saturated carbocycles. The largest absolute Gasteiger partial charge is 0.488 e. The zero-order valence-corrected chi connectivity index (χ0v) is 53.8. The summed E-state index contributed by atoms with van der Waals surface area (Å²) in [5.41, 5.74) is 11.8. The molecule has 6 aliphatic rings. The van der Waals surface area contributed by atoms with E-state index in [1.54, 1.807) is 60.9 Å². The molecule has 0 atom stereocenters. The second-order valence-corrected chi connectivity index (χ2v) is 25.5. The maximum Gasteiger partial charge on any atom is 0.183 e. The molecule has 6 fully saturated rings. The van der Waals surface area contributed by atoms with Gasteiger partial charge in [0.2, 0.25) is 0 Å². The van der Waals surface area contributed by atoms with Crippen molar-refractivity contribution in [1.82, 2.24) is 49.8 Å². The van der Waals surface area contributed by atoms with Crippen molar-refractivity contribution in [1.29, 1.82) is 0 Å². The van der Waals surface area contributed by atoms with Crippen molar-refractivity contribution in [3.8, 4) is 17.2 Å². The second-order valence-electron chi connectivity index (χ2n) is 24.7. The number of aromatic nitrogens is 10. The number of rotatable bonds is 15. The molecule has 0 bridgehead atoms. The van der Waals surface area contributed by atoms with Gasteiger partial charge in [0.05, 0.1) is 98.3 Å². The Kier molecular flexibility index (Phi) is 20.6. The lowest BCUT2D eigenvalue weighted by Gasteiger charge is -2.31. The molecular weight excluding hydrogens is 1180 g/mol. The summed E-state index contributed by atoms with van der Waals surface area (Å²) in [6.07, 6.45) is 28.8. The Labute approximate surface area is 541 Å². The van der Waals surface area contributed by atoms with Gasteiger partial charge in [-0.05, 0) is 134 Å². The molecule has 3 N–H and O–H groups in total.